The van der Waals surface area contributed by atoms with Crippen molar-refractivity contribution in [3.63, 3.8) is 0 Å². The van der Waals surface area contributed by atoms with Gasteiger partial charge in [-0.1, -0.05) is 115 Å². The quantitative estimate of drug-likeness (QED) is 0.190. The Hall–Kier alpha value is -6.86. The van der Waals surface area contributed by atoms with Crippen molar-refractivity contribution in [2.45, 2.75) is 0 Å². The van der Waals surface area contributed by atoms with Crippen LogP contribution in [0.5, 0.6) is 0 Å². The van der Waals surface area contributed by atoms with Crippen LogP contribution in [0, 0.1) is 0 Å². The lowest BCUT2D eigenvalue weighted by molar-refractivity contribution is 0.891. The summed E-state index contributed by atoms with van der Waals surface area (Å²) in [5.41, 5.74) is 6.93. The van der Waals surface area contributed by atoms with Crippen LogP contribution in [0.15, 0.2) is 164 Å². The third-order valence-electron chi connectivity index (χ3n) is 9.25. The predicted molar refractivity (Wildman–Crippen MR) is 196 cm³/mol. The molecule has 10 aromatic rings. The van der Waals surface area contributed by atoms with Crippen molar-refractivity contribution in [1.82, 2.24) is 33.6 Å². The molecule has 0 unspecified atom stereocenters. The average molecular weight is 630 g/mol. The van der Waals surface area contributed by atoms with Gasteiger partial charge in [0.25, 0.3) is 0 Å². The number of benzene rings is 6. The van der Waals surface area contributed by atoms with E-state index in [0.29, 0.717) is 17.7 Å². The zero-order valence-electron chi connectivity index (χ0n) is 26.2. The highest BCUT2D eigenvalue weighted by molar-refractivity contribution is 6.10. The van der Waals surface area contributed by atoms with Crippen LogP contribution in [-0.2, 0) is 0 Å². The van der Waals surface area contributed by atoms with Crippen molar-refractivity contribution in [2.24, 2.45) is 0 Å². The van der Waals surface area contributed by atoms with Gasteiger partial charge in [-0.15, -0.1) is 0 Å². The maximum absolute atomic E-state index is 5.29. The SMILES string of the molecule is c1ccc(-c2nccn2-c2ccccc2-c2nc(-n3c4ccccc4c4ccccc43)nc(-n3c4ccccc4c4ccccc43)n2)cc1. The van der Waals surface area contributed by atoms with E-state index >= 15 is 0 Å². The first kappa shape index (κ1) is 27.3. The number of aromatic nitrogens is 7. The van der Waals surface area contributed by atoms with E-state index in [4.69, 9.17) is 19.9 Å². The summed E-state index contributed by atoms with van der Waals surface area (Å²) in [4.78, 5) is 20.6. The molecule has 0 radical (unpaired) electrons. The second kappa shape index (κ2) is 10.9. The molecule has 10 rings (SSSR count). The molecule has 0 N–H and O–H groups in total. The van der Waals surface area contributed by atoms with E-state index in [2.05, 4.69) is 135 Å². The lowest BCUT2D eigenvalue weighted by atomic mass is 10.1. The second-order valence-electron chi connectivity index (χ2n) is 12.0. The van der Waals surface area contributed by atoms with Crippen LogP contribution in [0.1, 0.15) is 0 Å². The fraction of sp³-hybridized carbons (Fsp3) is 0. The Kier molecular flexibility index (Phi) is 6.04. The van der Waals surface area contributed by atoms with Gasteiger partial charge in [-0.05, 0) is 36.4 Å². The Morgan fingerprint density at radius 2 is 0.857 bits per heavy atom. The van der Waals surface area contributed by atoms with Gasteiger partial charge in [0.1, 0.15) is 5.82 Å². The van der Waals surface area contributed by atoms with E-state index in [0.717, 1.165) is 66.3 Å². The van der Waals surface area contributed by atoms with Crippen LogP contribution in [-0.4, -0.2) is 33.6 Å². The van der Waals surface area contributed by atoms with Gasteiger partial charge in [0.2, 0.25) is 11.9 Å². The Bertz CT molecular complexity index is 2600. The molecule has 6 aromatic carbocycles. The normalized spacial score (nSPS) is 11.7. The number of nitrogens with zero attached hydrogens (tertiary/aromatic N) is 7. The summed E-state index contributed by atoms with van der Waals surface area (Å²) in [5, 5.41) is 4.57. The highest BCUT2D eigenvalue weighted by Gasteiger charge is 2.22. The Morgan fingerprint density at radius 3 is 1.39 bits per heavy atom. The summed E-state index contributed by atoms with van der Waals surface area (Å²) in [6.07, 6.45) is 3.82. The fourth-order valence-electron chi connectivity index (χ4n) is 7.12. The molecular formula is C42H27N7. The highest BCUT2D eigenvalue weighted by Crippen LogP contribution is 2.35. The monoisotopic (exact) mass is 629 g/mol. The van der Waals surface area contributed by atoms with Crippen molar-refractivity contribution >= 4 is 43.6 Å². The van der Waals surface area contributed by atoms with Gasteiger partial charge >= 0.3 is 0 Å². The Morgan fingerprint density at radius 1 is 0.408 bits per heavy atom. The standard InChI is InChI=1S/C42H27N7/c1-2-14-28(15-3-1)40-43-26-27-47(40)34-21-9-8-20-33(34)39-44-41(48-35-22-10-4-16-29(35)30-17-5-11-23-36(30)48)46-42(45-39)49-37-24-12-6-18-31(37)32-19-7-13-25-38(32)49/h1-27H. The Balaban J connectivity index is 1.30. The summed E-state index contributed by atoms with van der Waals surface area (Å²) in [6, 6.07) is 52.2. The summed E-state index contributed by atoms with van der Waals surface area (Å²) in [7, 11) is 0. The molecule has 0 saturated carbocycles. The van der Waals surface area contributed by atoms with Crippen LogP contribution < -0.4 is 0 Å². The molecule has 4 aromatic heterocycles. The van der Waals surface area contributed by atoms with Crippen LogP contribution in [0.3, 0.4) is 0 Å². The van der Waals surface area contributed by atoms with E-state index in [9.17, 15) is 0 Å². The summed E-state index contributed by atoms with van der Waals surface area (Å²) in [5.74, 6) is 2.49. The van der Waals surface area contributed by atoms with E-state index in [1.165, 1.54) is 0 Å². The van der Waals surface area contributed by atoms with E-state index in [-0.39, 0.29) is 0 Å². The van der Waals surface area contributed by atoms with Gasteiger partial charge in [0.15, 0.2) is 5.82 Å². The molecule has 7 nitrogen and oxygen atoms in total. The predicted octanol–water partition coefficient (Wildman–Crippen LogP) is 9.59. The lowest BCUT2D eigenvalue weighted by Gasteiger charge is -2.15. The number of imidazole rings is 1. The van der Waals surface area contributed by atoms with Gasteiger partial charge in [0, 0.05) is 45.1 Å². The van der Waals surface area contributed by atoms with Crippen LogP contribution >= 0.6 is 0 Å². The number of hydrogen-bond acceptors (Lipinski definition) is 4. The molecule has 230 valence electrons. The molecule has 0 bridgehead atoms. The topological polar surface area (TPSA) is 66.3 Å². The minimum absolute atomic E-state index is 0.544. The number of rotatable bonds is 5. The third-order valence-corrected chi connectivity index (χ3v) is 9.25. The van der Waals surface area contributed by atoms with Gasteiger partial charge in [-0.25, -0.2) is 4.98 Å². The molecule has 7 heteroatoms. The minimum Gasteiger partial charge on any atom is -0.299 e. The van der Waals surface area contributed by atoms with Crippen molar-refractivity contribution in [3.8, 4) is 40.4 Å². The van der Waals surface area contributed by atoms with Gasteiger partial charge in [-0.2, -0.15) is 15.0 Å². The Labute approximate surface area is 281 Å². The first-order valence-electron chi connectivity index (χ1n) is 16.3. The number of fused-ring (bicyclic) bond motifs is 6. The first-order valence-corrected chi connectivity index (χ1v) is 16.3. The van der Waals surface area contributed by atoms with E-state index in [1.807, 2.05) is 42.7 Å². The fourth-order valence-corrected chi connectivity index (χ4v) is 7.12. The van der Waals surface area contributed by atoms with Gasteiger partial charge in [0.05, 0.1) is 27.8 Å². The third kappa shape index (κ3) is 4.22. The molecule has 0 atom stereocenters. The van der Waals surface area contributed by atoms with Crippen molar-refractivity contribution in [3.05, 3.63) is 164 Å². The van der Waals surface area contributed by atoms with E-state index < -0.39 is 0 Å². The summed E-state index contributed by atoms with van der Waals surface area (Å²) < 4.78 is 6.42. The highest BCUT2D eigenvalue weighted by atomic mass is 15.3. The average Bonchev–Trinajstić information content (AvgIpc) is 3.88. The molecule has 0 aliphatic heterocycles. The number of para-hydroxylation sites is 5. The lowest BCUT2D eigenvalue weighted by Crippen LogP contribution is -2.11. The minimum atomic E-state index is 0.544. The largest absolute Gasteiger partial charge is 0.299 e. The van der Waals surface area contributed by atoms with Crippen molar-refractivity contribution in [1.29, 1.82) is 0 Å². The maximum Gasteiger partial charge on any atom is 0.240 e. The van der Waals surface area contributed by atoms with E-state index in [1.54, 1.807) is 0 Å². The molecular weight excluding hydrogens is 603 g/mol. The molecule has 4 heterocycles. The molecule has 0 aliphatic rings. The smallest absolute Gasteiger partial charge is 0.240 e. The second-order valence-corrected chi connectivity index (χ2v) is 12.0. The van der Waals surface area contributed by atoms with Crippen LogP contribution in [0.2, 0.25) is 0 Å². The van der Waals surface area contributed by atoms with Crippen LogP contribution in [0.25, 0.3) is 84.0 Å². The zero-order valence-corrected chi connectivity index (χ0v) is 26.2. The van der Waals surface area contributed by atoms with Crippen molar-refractivity contribution < 1.29 is 0 Å². The maximum atomic E-state index is 5.29. The van der Waals surface area contributed by atoms with Crippen molar-refractivity contribution in [2.75, 3.05) is 0 Å². The molecule has 0 amide bonds. The molecule has 0 saturated heterocycles. The zero-order chi connectivity index (χ0) is 32.3. The molecule has 0 fully saturated rings. The van der Waals surface area contributed by atoms with Gasteiger partial charge in [-0.3, -0.25) is 13.7 Å². The summed E-state index contributed by atoms with van der Waals surface area (Å²) >= 11 is 0. The summed E-state index contributed by atoms with van der Waals surface area (Å²) in [6.45, 7) is 0. The van der Waals surface area contributed by atoms with Crippen LogP contribution in [0.4, 0.5) is 0 Å². The van der Waals surface area contributed by atoms with Gasteiger partial charge < -0.3 is 0 Å². The molecule has 0 spiro atoms. The molecule has 0 aliphatic carbocycles. The number of hydrogen-bond donors (Lipinski definition) is 0. The first-order chi connectivity index (χ1) is 24.3. The molecule has 49 heavy (non-hydrogen) atoms.